The van der Waals surface area contributed by atoms with E-state index in [2.05, 4.69) is 213 Å². The van der Waals surface area contributed by atoms with Gasteiger partial charge in [-0.2, -0.15) is 0 Å². The van der Waals surface area contributed by atoms with Crippen molar-refractivity contribution in [1.82, 2.24) is 9.38 Å². The zero-order valence-corrected chi connectivity index (χ0v) is 33.4. The molecule has 1 aliphatic rings. The highest BCUT2D eigenvalue weighted by atomic mass is 15.0. The van der Waals surface area contributed by atoms with E-state index in [-0.39, 0.29) is 5.41 Å². The highest BCUT2D eigenvalue weighted by Gasteiger charge is 2.36. The molecule has 0 fully saturated rings. The molecule has 2 heterocycles. The molecular weight excluding hydrogens is 725 g/mol. The van der Waals surface area contributed by atoms with Gasteiger partial charge in [-0.3, -0.25) is 4.40 Å². The molecule has 0 saturated carbocycles. The Hall–Kier alpha value is -7.55. The molecule has 2 heteroatoms. The molecule has 0 bridgehead atoms. The van der Waals surface area contributed by atoms with Crippen molar-refractivity contribution in [3.63, 3.8) is 0 Å². The van der Waals surface area contributed by atoms with E-state index in [1.54, 1.807) is 0 Å². The first-order valence-electron chi connectivity index (χ1n) is 20.9. The van der Waals surface area contributed by atoms with Crippen LogP contribution in [0, 0.1) is 0 Å². The molecule has 0 unspecified atom stereocenters. The van der Waals surface area contributed by atoms with Crippen LogP contribution in [0.3, 0.4) is 0 Å². The molecule has 12 aromatic rings. The second-order valence-corrected chi connectivity index (χ2v) is 17.2. The molecule has 2 nitrogen and oxygen atoms in total. The second-order valence-electron chi connectivity index (χ2n) is 17.2. The van der Waals surface area contributed by atoms with Crippen LogP contribution in [0.25, 0.3) is 115 Å². The number of fused-ring (bicyclic) bond motifs is 12. The molecule has 0 N–H and O–H groups in total. The number of imidazole rings is 1. The Morgan fingerprint density at radius 3 is 1.73 bits per heavy atom. The van der Waals surface area contributed by atoms with E-state index in [9.17, 15) is 0 Å². The predicted molar refractivity (Wildman–Crippen MR) is 254 cm³/mol. The Morgan fingerprint density at radius 1 is 0.383 bits per heavy atom. The minimum absolute atomic E-state index is 0.144. The molecule has 0 amide bonds. The zero-order valence-electron chi connectivity index (χ0n) is 33.4. The maximum atomic E-state index is 5.13. The van der Waals surface area contributed by atoms with Crippen molar-refractivity contribution in [3.8, 4) is 44.5 Å². The lowest BCUT2D eigenvalue weighted by atomic mass is 9.79. The van der Waals surface area contributed by atoms with E-state index in [4.69, 9.17) is 4.98 Å². The highest BCUT2D eigenvalue weighted by Crippen LogP contribution is 2.53. The third-order valence-electron chi connectivity index (χ3n) is 13.5. The predicted octanol–water partition coefficient (Wildman–Crippen LogP) is 15.6. The number of aromatic nitrogens is 2. The Labute approximate surface area is 347 Å². The molecule has 0 radical (unpaired) electrons. The van der Waals surface area contributed by atoms with E-state index in [1.165, 1.54) is 104 Å². The Kier molecular flexibility index (Phi) is 6.82. The van der Waals surface area contributed by atoms with Crippen LogP contribution < -0.4 is 0 Å². The van der Waals surface area contributed by atoms with Crippen molar-refractivity contribution in [2.24, 2.45) is 0 Å². The van der Waals surface area contributed by atoms with Crippen LogP contribution >= 0.6 is 0 Å². The first-order chi connectivity index (χ1) is 29.5. The standard InChI is InChI=1S/C58H38N2/c1-58(2)51-18-10-9-17-45(51)47-32-49-50(33-52(47)58)56(42-22-20-36-12-4-6-15-39(36)30-42)48-31-40(23-26-46(48)55(49)41-21-19-35-11-3-5-14-38(35)29-41)43-25-28-54-59-57-44-16-8-7-13-37(44)24-27-53(57)60(54)34-43/h3-34H,1-2H3. The van der Waals surface area contributed by atoms with Gasteiger partial charge in [0.05, 0.1) is 11.0 Å². The average molecular weight is 763 g/mol. The van der Waals surface area contributed by atoms with Gasteiger partial charge in [0, 0.05) is 17.0 Å². The van der Waals surface area contributed by atoms with Gasteiger partial charge in [-0.25, -0.2) is 4.98 Å². The molecule has 0 spiro atoms. The lowest BCUT2D eigenvalue weighted by Gasteiger charge is -2.24. The number of nitrogens with zero attached hydrogens (tertiary/aromatic N) is 2. The Morgan fingerprint density at radius 2 is 0.967 bits per heavy atom. The summed E-state index contributed by atoms with van der Waals surface area (Å²) in [5.74, 6) is 0. The summed E-state index contributed by atoms with van der Waals surface area (Å²) in [6.07, 6.45) is 2.27. The maximum Gasteiger partial charge on any atom is 0.137 e. The van der Waals surface area contributed by atoms with Gasteiger partial charge in [-0.15, -0.1) is 0 Å². The third kappa shape index (κ3) is 4.73. The number of benzene rings is 10. The lowest BCUT2D eigenvalue weighted by molar-refractivity contribution is 0.661. The summed E-state index contributed by atoms with van der Waals surface area (Å²) in [6.45, 7) is 4.78. The lowest BCUT2D eigenvalue weighted by Crippen LogP contribution is -2.14. The van der Waals surface area contributed by atoms with Crippen LogP contribution in [0.15, 0.2) is 194 Å². The van der Waals surface area contributed by atoms with Gasteiger partial charge in [0.1, 0.15) is 5.65 Å². The van der Waals surface area contributed by atoms with E-state index in [0.717, 1.165) is 22.2 Å². The van der Waals surface area contributed by atoms with E-state index in [1.807, 2.05) is 0 Å². The fourth-order valence-electron chi connectivity index (χ4n) is 10.5. The third-order valence-corrected chi connectivity index (χ3v) is 13.5. The normalized spacial score (nSPS) is 13.3. The summed E-state index contributed by atoms with van der Waals surface area (Å²) in [5, 5.41) is 12.4. The summed E-state index contributed by atoms with van der Waals surface area (Å²) in [5.41, 5.74) is 15.7. The maximum absolute atomic E-state index is 5.13. The quantitative estimate of drug-likeness (QED) is 0.164. The first-order valence-corrected chi connectivity index (χ1v) is 20.9. The molecule has 0 atom stereocenters. The Bertz CT molecular complexity index is 3810. The van der Waals surface area contributed by atoms with Crippen molar-refractivity contribution in [3.05, 3.63) is 205 Å². The SMILES string of the molecule is CC1(C)c2ccccc2-c2cc3c(-c4ccc5ccccc5c4)c4ccc(-c5ccc6nc7c8ccccc8ccc7n6c5)cc4c(-c4ccc5ccccc5c4)c3cc21. The van der Waals surface area contributed by atoms with Gasteiger partial charge in [0.25, 0.3) is 0 Å². The number of pyridine rings is 1. The number of hydrogen-bond donors (Lipinski definition) is 0. The largest absolute Gasteiger partial charge is 0.299 e. The molecule has 0 aliphatic heterocycles. The summed E-state index contributed by atoms with van der Waals surface area (Å²) in [4.78, 5) is 5.13. The van der Waals surface area contributed by atoms with Crippen LogP contribution in [-0.4, -0.2) is 9.38 Å². The highest BCUT2D eigenvalue weighted by molar-refractivity contribution is 6.23. The van der Waals surface area contributed by atoms with Crippen molar-refractivity contribution in [2.75, 3.05) is 0 Å². The van der Waals surface area contributed by atoms with Crippen LogP contribution in [0.2, 0.25) is 0 Å². The molecule has 2 aromatic heterocycles. The molecule has 60 heavy (non-hydrogen) atoms. The second kappa shape index (κ2) is 12.2. The zero-order chi connectivity index (χ0) is 39.7. The van der Waals surface area contributed by atoms with Crippen molar-refractivity contribution >= 4 is 70.5 Å². The Balaban J connectivity index is 1.15. The van der Waals surface area contributed by atoms with Crippen molar-refractivity contribution in [1.29, 1.82) is 0 Å². The van der Waals surface area contributed by atoms with Gasteiger partial charge in [0.2, 0.25) is 0 Å². The first kappa shape index (κ1) is 33.4. The number of rotatable bonds is 3. The van der Waals surface area contributed by atoms with Crippen molar-refractivity contribution < 1.29 is 0 Å². The fourth-order valence-corrected chi connectivity index (χ4v) is 10.5. The minimum atomic E-state index is -0.144. The smallest absolute Gasteiger partial charge is 0.137 e. The molecule has 10 aromatic carbocycles. The average Bonchev–Trinajstić information content (AvgIpc) is 3.78. The molecule has 1 aliphatic carbocycles. The number of hydrogen-bond acceptors (Lipinski definition) is 1. The fraction of sp³-hybridized carbons (Fsp3) is 0.0517. The van der Waals surface area contributed by atoms with E-state index >= 15 is 0 Å². The molecule has 280 valence electrons. The summed E-state index contributed by atoms with van der Waals surface area (Å²) >= 11 is 0. The van der Waals surface area contributed by atoms with Gasteiger partial charge in [-0.05, 0) is 153 Å². The molecule has 13 rings (SSSR count). The summed E-state index contributed by atoms with van der Waals surface area (Å²) in [6, 6.07) is 70.0. The van der Waals surface area contributed by atoms with Crippen molar-refractivity contribution in [2.45, 2.75) is 19.3 Å². The van der Waals surface area contributed by atoms with Gasteiger partial charge in [0.15, 0.2) is 0 Å². The van der Waals surface area contributed by atoms with Crippen LogP contribution in [-0.2, 0) is 5.41 Å². The monoisotopic (exact) mass is 762 g/mol. The van der Waals surface area contributed by atoms with E-state index < -0.39 is 0 Å². The topological polar surface area (TPSA) is 17.3 Å². The van der Waals surface area contributed by atoms with Crippen LogP contribution in [0.5, 0.6) is 0 Å². The van der Waals surface area contributed by atoms with Gasteiger partial charge >= 0.3 is 0 Å². The summed E-state index contributed by atoms with van der Waals surface area (Å²) in [7, 11) is 0. The minimum Gasteiger partial charge on any atom is -0.299 e. The van der Waals surface area contributed by atoms with Gasteiger partial charge in [-0.1, -0.05) is 153 Å². The molecular formula is C58H38N2. The van der Waals surface area contributed by atoms with Gasteiger partial charge < -0.3 is 0 Å². The summed E-state index contributed by atoms with van der Waals surface area (Å²) < 4.78 is 2.26. The van der Waals surface area contributed by atoms with E-state index in [0.29, 0.717) is 0 Å². The van der Waals surface area contributed by atoms with Crippen LogP contribution in [0.4, 0.5) is 0 Å². The molecule has 0 saturated heterocycles. The van der Waals surface area contributed by atoms with Crippen LogP contribution in [0.1, 0.15) is 25.0 Å².